The third-order valence-corrected chi connectivity index (χ3v) is 6.24. The molecule has 30 heavy (non-hydrogen) atoms. The van der Waals surface area contributed by atoms with Crippen LogP contribution < -0.4 is 15.0 Å². The Labute approximate surface area is 180 Å². The molecule has 1 aliphatic heterocycles. The number of nitrogens with zero attached hydrogens (tertiary/aromatic N) is 6. The van der Waals surface area contributed by atoms with Crippen LogP contribution in [0.15, 0.2) is 36.7 Å². The highest BCUT2D eigenvalue weighted by Gasteiger charge is 2.43. The number of aromatic nitrogens is 5. The maximum atomic E-state index is 5.94. The van der Waals surface area contributed by atoms with Gasteiger partial charge in [0.1, 0.15) is 17.9 Å². The molecular formula is C21H24ClN7O. The molecule has 8 nitrogen and oxygen atoms in total. The van der Waals surface area contributed by atoms with Crippen molar-refractivity contribution in [2.24, 2.45) is 18.9 Å². The molecule has 156 valence electrons. The lowest BCUT2D eigenvalue weighted by molar-refractivity contribution is 0.374. The molecular weight excluding hydrogens is 402 g/mol. The van der Waals surface area contributed by atoms with E-state index in [9.17, 15) is 0 Å². The number of hydrogen-bond acceptors (Lipinski definition) is 7. The molecule has 1 saturated carbocycles. The van der Waals surface area contributed by atoms with E-state index >= 15 is 0 Å². The van der Waals surface area contributed by atoms with Crippen molar-refractivity contribution in [1.29, 1.82) is 0 Å². The maximum absolute atomic E-state index is 5.94. The third-order valence-electron chi connectivity index (χ3n) is 5.99. The molecule has 2 aromatic heterocycles. The van der Waals surface area contributed by atoms with Gasteiger partial charge < -0.3 is 15.0 Å². The first kappa shape index (κ1) is 19.1. The third kappa shape index (κ3) is 3.79. The van der Waals surface area contributed by atoms with Crippen LogP contribution in [0, 0.1) is 18.8 Å². The lowest BCUT2D eigenvalue weighted by atomic mass is 9.92. The van der Waals surface area contributed by atoms with E-state index in [1.165, 1.54) is 12.8 Å². The van der Waals surface area contributed by atoms with E-state index in [1.54, 1.807) is 23.1 Å². The molecule has 2 fully saturated rings. The van der Waals surface area contributed by atoms with E-state index in [0.29, 0.717) is 40.6 Å². The highest BCUT2D eigenvalue weighted by molar-refractivity contribution is 6.30. The summed E-state index contributed by atoms with van der Waals surface area (Å²) in [5.41, 5.74) is 0.999. The van der Waals surface area contributed by atoms with Crippen LogP contribution in [0.5, 0.6) is 11.8 Å². The highest BCUT2D eigenvalue weighted by atomic mass is 35.5. The number of fused-ring (bicyclic) bond motifs is 2. The van der Waals surface area contributed by atoms with Crippen LogP contribution in [-0.2, 0) is 7.05 Å². The van der Waals surface area contributed by atoms with Crippen molar-refractivity contribution in [2.45, 2.75) is 25.8 Å². The van der Waals surface area contributed by atoms with Crippen molar-refractivity contribution >= 4 is 23.4 Å². The molecule has 2 aliphatic rings. The number of ether oxygens (including phenoxy) is 1. The summed E-state index contributed by atoms with van der Waals surface area (Å²) in [4.78, 5) is 15.6. The van der Waals surface area contributed by atoms with Crippen molar-refractivity contribution in [3.8, 4) is 11.8 Å². The lowest BCUT2D eigenvalue weighted by Crippen LogP contribution is -2.48. The van der Waals surface area contributed by atoms with Crippen LogP contribution in [0.2, 0.25) is 5.02 Å². The Hall–Kier alpha value is -2.87. The Morgan fingerprint density at radius 3 is 2.53 bits per heavy atom. The maximum Gasteiger partial charge on any atom is 0.321 e. The zero-order valence-electron chi connectivity index (χ0n) is 17.0. The number of halogens is 1. The first-order valence-electron chi connectivity index (χ1n) is 10.2. The van der Waals surface area contributed by atoms with Gasteiger partial charge in [0.2, 0.25) is 5.95 Å². The Kier molecular flexibility index (Phi) is 4.94. The molecule has 2 bridgehead atoms. The number of piperidine rings is 1. The number of anilines is 2. The molecule has 0 spiro atoms. The number of rotatable bonds is 5. The smallest absolute Gasteiger partial charge is 0.321 e. The second-order valence-electron chi connectivity index (χ2n) is 8.09. The van der Waals surface area contributed by atoms with E-state index in [0.717, 1.165) is 24.6 Å². The molecule has 3 atom stereocenters. The van der Waals surface area contributed by atoms with Gasteiger partial charge in [0.05, 0.1) is 0 Å². The molecule has 1 N–H and O–H groups in total. The second kappa shape index (κ2) is 7.75. The van der Waals surface area contributed by atoms with E-state index in [2.05, 4.69) is 36.3 Å². The summed E-state index contributed by atoms with van der Waals surface area (Å²) in [5.74, 6) is 3.36. The zero-order chi connectivity index (χ0) is 20.7. The average Bonchev–Trinajstić information content (AvgIpc) is 3.17. The molecule has 5 rings (SSSR count). The molecule has 1 saturated heterocycles. The number of aryl methyl sites for hydroxylation is 2. The summed E-state index contributed by atoms with van der Waals surface area (Å²) >= 11 is 5.94. The van der Waals surface area contributed by atoms with Gasteiger partial charge in [-0.05, 0) is 55.9 Å². The van der Waals surface area contributed by atoms with Crippen LogP contribution in [0.4, 0.5) is 11.8 Å². The molecule has 0 amide bonds. The summed E-state index contributed by atoms with van der Waals surface area (Å²) in [7, 11) is 1.83. The van der Waals surface area contributed by atoms with Gasteiger partial charge in [0, 0.05) is 43.0 Å². The van der Waals surface area contributed by atoms with Crippen LogP contribution >= 0.6 is 11.6 Å². The molecule has 3 heterocycles. The predicted octanol–water partition coefficient (Wildman–Crippen LogP) is 3.69. The average molecular weight is 426 g/mol. The van der Waals surface area contributed by atoms with E-state index < -0.39 is 0 Å². The number of nitrogens with one attached hydrogen (secondary N) is 1. The molecule has 3 aromatic rings. The summed E-state index contributed by atoms with van der Waals surface area (Å²) in [5, 5.41) is 8.76. The molecule has 1 aromatic carbocycles. The number of benzene rings is 1. The van der Waals surface area contributed by atoms with E-state index in [4.69, 9.17) is 16.3 Å². The van der Waals surface area contributed by atoms with Crippen LogP contribution in [0.25, 0.3) is 0 Å². The monoisotopic (exact) mass is 425 g/mol. The van der Waals surface area contributed by atoms with E-state index in [-0.39, 0.29) is 0 Å². The Morgan fingerprint density at radius 2 is 1.83 bits per heavy atom. The molecule has 1 aliphatic carbocycles. The molecule has 0 unspecified atom stereocenters. The summed E-state index contributed by atoms with van der Waals surface area (Å²) in [6, 6.07) is 10.1. The highest BCUT2D eigenvalue weighted by Crippen LogP contribution is 2.39. The fourth-order valence-electron chi connectivity index (χ4n) is 4.54. The normalized spacial score (nSPS) is 22.9. The van der Waals surface area contributed by atoms with Crippen LogP contribution in [-0.4, -0.2) is 43.9 Å². The van der Waals surface area contributed by atoms with Gasteiger partial charge in [-0.15, -0.1) is 5.10 Å². The van der Waals surface area contributed by atoms with Crippen molar-refractivity contribution in [3.63, 3.8) is 0 Å². The Balaban J connectivity index is 1.27. The predicted molar refractivity (Wildman–Crippen MR) is 115 cm³/mol. The topological polar surface area (TPSA) is 81.0 Å². The first-order chi connectivity index (χ1) is 14.5. The minimum Gasteiger partial charge on any atom is -0.424 e. The van der Waals surface area contributed by atoms with Gasteiger partial charge >= 0.3 is 6.01 Å². The fraction of sp³-hybridized carbons (Fsp3) is 0.429. The minimum atomic E-state index is 0.356. The Bertz CT molecular complexity index is 1020. The Morgan fingerprint density at radius 1 is 1.10 bits per heavy atom. The first-order valence-corrected chi connectivity index (χ1v) is 10.6. The lowest BCUT2D eigenvalue weighted by Gasteiger charge is -2.38. The largest absolute Gasteiger partial charge is 0.424 e. The van der Waals surface area contributed by atoms with Crippen LogP contribution in [0.3, 0.4) is 0 Å². The summed E-state index contributed by atoms with van der Waals surface area (Å²) in [6.45, 7) is 3.96. The summed E-state index contributed by atoms with van der Waals surface area (Å²) < 4.78 is 7.51. The van der Waals surface area contributed by atoms with Gasteiger partial charge in [-0.3, -0.25) is 0 Å². The SMILES string of the molecule is Cc1cc(N2C[C@H]3CC[C@@H](C2)[C@H]3Nc2nc(Oc3ccc(Cl)cc3)n(C)n2)ncn1. The van der Waals surface area contributed by atoms with Crippen molar-refractivity contribution < 1.29 is 4.74 Å². The van der Waals surface area contributed by atoms with Gasteiger partial charge in [0.25, 0.3) is 0 Å². The van der Waals surface area contributed by atoms with Crippen molar-refractivity contribution in [3.05, 3.63) is 47.4 Å². The second-order valence-corrected chi connectivity index (χ2v) is 8.52. The van der Waals surface area contributed by atoms with E-state index in [1.807, 2.05) is 26.1 Å². The standard InChI is InChI=1S/C21H24ClN7O/c1-13-9-18(24-12-23-13)29-10-14-3-4-15(11-29)19(14)25-20-26-21(28(2)27-20)30-17-7-5-16(22)6-8-17/h5-9,12,14-15,19H,3-4,10-11H2,1-2H3,(H,25,27)/t14-,15+,19+. The van der Waals surface area contributed by atoms with Crippen LogP contribution in [0.1, 0.15) is 18.5 Å². The van der Waals surface area contributed by atoms with Gasteiger partial charge in [-0.2, -0.15) is 4.98 Å². The quantitative estimate of drug-likeness (QED) is 0.667. The molecule has 9 heteroatoms. The minimum absolute atomic E-state index is 0.356. The molecule has 0 radical (unpaired) electrons. The zero-order valence-corrected chi connectivity index (χ0v) is 17.8. The van der Waals surface area contributed by atoms with Gasteiger partial charge in [-0.25, -0.2) is 14.6 Å². The van der Waals surface area contributed by atoms with Gasteiger partial charge in [0.15, 0.2) is 0 Å². The van der Waals surface area contributed by atoms with Gasteiger partial charge in [-0.1, -0.05) is 11.6 Å². The van der Waals surface area contributed by atoms with Crippen molar-refractivity contribution in [1.82, 2.24) is 24.7 Å². The number of hydrogen-bond donors (Lipinski definition) is 1. The summed E-state index contributed by atoms with van der Waals surface area (Å²) in [6.07, 6.45) is 4.05. The fourth-order valence-corrected chi connectivity index (χ4v) is 4.66. The van der Waals surface area contributed by atoms with Crippen molar-refractivity contribution in [2.75, 3.05) is 23.3 Å².